The molecular formula is C20H21BrFN3O4. The second-order valence-electron chi connectivity index (χ2n) is 6.32. The van der Waals surface area contributed by atoms with E-state index in [1.807, 2.05) is 4.90 Å². The van der Waals surface area contributed by atoms with Crippen LogP contribution in [0.15, 0.2) is 45.9 Å². The number of phenols is 1. The Morgan fingerprint density at radius 2 is 2.07 bits per heavy atom. The normalized spacial score (nSPS) is 14.6. The van der Waals surface area contributed by atoms with Crippen LogP contribution in [0.3, 0.4) is 0 Å². The molecule has 2 aromatic rings. The Morgan fingerprint density at radius 3 is 2.79 bits per heavy atom. The summed E-state index contributed by atoms with van der Waals surface area (Å²) in [4.78, 5) is 18.3. The van der Waals surface area contributed by atoms with Crippen LogP contribution in [0.2, 0.25) is 0 Å². The zero-order valence-corrected chi connectivity index (χ0v) is 17.4. The molecule has 1 fully saturated rings. The van der Waals surface area contributed by atoms with Gasteiger partial charge in [-0.1, -0.05) is 15.9 Å². The van der Waals surface area contributed by atoms with Crippen molar-refractivity contribution in [1.82, 2.24) is 4.90 Å². The number of hydrogen-bond donors (Lipinski definition) is 2. The van der Waals surface area contributed by atoms with Gasteiger partial charge in [0.2, 0.25) is 0 Å². The lowest BCUT2D eigenvalue weighted by atomic mass is 10.2. The van der Waals surface area contributed by atoms with Gasteiger partial charge in [-0.25, -0.2) is 14.2 Å². The fourth-order valence-electron chi connectivity index (χ4n) is 2.82. The van der Waals surface area contributed by atoms with Gasteiger partial charge in [-0.05, 0) is 36.4 Å². The molecule has 2 N–H and O–H groups in total. The lowest BCUT2D eigenvalue weighted by molar-refractivity contribution is 0.0601. The van der Waals surface area contributed by atoms with Gasteiger partial charge in [-0.15, -0.1) is 0 Å². The maximum Gasteiger partial charge on any atom is 0.337 e. The van der Waals surface area contributed by atoms with Crippen LogP contribution >= 0.6 is 15.9 Å². The molecule has 0 saturated carbocycles. The van der Waals surface area contributed by atoms with Gasteiger partial charge in [0.15, 0.2) is 5.96 Å². The van der Waals surface area contributed by atoms with E-state index in [0.717, 1.165) is 4.47 Å². The molecule has 29 heavy (non-hydrogen) atoms. The number of carbonyl (C=O) groups excluding carboxylic acids is 1. The number of methoxy groups -OCH3 is 1. The van der Waals surface area contributed by atoms with Gasteiger partial charge in [0.1, 0.15) is 11.6 Å². The first-order chi connectivity index (χ1) is 14.0. The Bertz CT molecular complexity index is 917. The van der Waals surface area contributed by atoms with E-state index in [4.69, 9.17) is 9.47 Å². The van der Waals surface area contributed by atoms with Gasteiger partial charge in [-0.2, -0.15) is 0 Å². The number of hydrogen-bond acceptors (Lipinski definition) is 5. The molecular weight excluding hydrogens is 445 g/mol. The van der Waals surface area contributed by atoms with Crippen LogP contribution in [-0.4, -0.2) is 55.3 Å². The quantitative estimate of drug-likeness (QED) is 0.311. The minimum absolute atomic E-state index is 0.0488. The van der Waals surface area contributed by atoms with Crippen molar-refractivity contribution in [1.29, 1.82) is 0 Å². The zero-order valence-electron chi connectivity index (χ0n) is 15.8. The van der Waals surface area contributed by atoms with Crippen LogP contribution in [-0.2, 0) is 16.0 Å². The first kappa shape index (κ1) is 21.1. The van der Waals surface area contributed by atoms with Crippen LogP contribution in [0, 0.1) is 5.82 Å². The third kappa shape index (κ3) is 5.45. The van der Waals surface area contributed by atoms with Gasteiger partial charge in [0.25, 0.3) is 0 Å². The van der Waals surface area contributed by atoms with E-state index < -0.39 is 5.97 Å². The van der Waals surface area contributed by atoms with Gasteiger partial charge >= 0.3 is 5.97 Å². The van der Waals surface area contributed by atoms with Crippen LogP contribution in [0.1, 0.15) is 15.9 Å². The molecule has 0 aromatic heterocycles. The van der Waals surface area contributed by atoms with E-state index in [1.165, 1.54) is 31.4 Å². The number of ether oxygens (including phenoxy) is 2. The van der Waals surface area contributed by atoms with Crippen molar-refractivity contribution in [2.75, 3.05) is 38.7 Å². The molecule has 0 bridgehead atoms. The summed E-state index contributed by atoms with van der Waals surface area (Å²) < 4.78 is 25.0. The third-order valence-corrected chi connectivity index (χ3v) is 4.87. The summed E-state index contributed by atoms with van der Waals surface area (Å²) in [6.07, 6.45) is 0. The molecule has 1 saturated heterocycles. The van der Waals surface area contributed by atoms with Crippen molar-refractivity contribution in [2.45, 2.75) is 6.54 Å². The van der Waals surface area contributed by atoms with Crippen molar-refractivity contribution in [3.05, 3.63) is 57.8 Å². The Morgan fingerprint density at radius 1 is 1.31 bits per heavy atom. The number of benzene rings is 2. The first-order valence-corrected chi connectivity index (χ1v) is 9.76. The number of phenolic OH excluding ortho intramolecular Hbond substituents is 1. The lowest BCUT2D eigenvalue weighted by Gasteiger charge is -2.30. The van der Waals surface area contributed by atoms with Crippen LogP contribution < -0.4 is 5.32 Å². The second kappa shape index (κ2) is 9.71. The number of carbonyl (C=O) groups is 1. The number of anilines is 1. The summed E-state index contributed by atoms with van der Waals surface area (Å²) in [5.41, 5.74) is 1.01. The summed E-state index contributed by atoms with van der Waals surface area (Å²) in [7, 11) is 1.29. The maximum absolute atomic E-state index is 14.1. The standard InChI is InChI=1S/C20H21BrFN3O4/c1-28-19(27)13-2-5-18(26)17(11-13)24-20(25-6-8-29-9-7-25)23-12-14-10-15(21)3-4-16(14)22/h2-5,10-11,26H,6-9,12H2,1H3,(H,23,24). The second-order valence-corrected chi connectivity index (χ2v) is 7.24. The molecule has 0 aliphatic carbocycles. The molecule has 1 aliphatic heterocycles. The molecule has 0 amide bonds. The highest BCUT2D eigenvalue weighted by Crippen LogP contribution is 2.25. The summed E-state index contributed by atoms with van der Waals surface area (Å²) in [6, 6.07) is 9.03. The van der Waals surface area contributed by atoms with Crippen molar-refractivity contribution in [2.24, 2.45) is 4.99 Å². The van der Waals surface area contributed by atoms with Crippen LogP contribution in [0.4, 0.5) is 10.1 Å². The van der Waals surface area contributed by atoms with E-state index in [-0.39, 0.29) is 23.7 Å². The van der Waals surface area contributed by atoms with Gasteiger partial charge < -0.3 is 24.8 Å². The van der Waals surface area contributed by atoms with Gasteiger partial charge in [0, 0.05) is 23.1 Å². The number of aliphatic imine (C=N–C) groups is 1. The van der Waals surface area contributed by atoms with E-state index >= 15 is 0 Å². The lowest BCUT2D eigenvalue weighted by Crippen LogP contribution is -2.44. The molecule has 0 unspecified atom stereocenters. The molecule has 154 valence electrons. The number of aromatic hydroxyl groups is 1. The molecule has 3 rings (SSSR count). The highest BCUT2D eigenvalue weighted by Gasteiger charge is 2.18. The first-order valence-electron chi connectivity index (χ1n) is 8.97. The average molecular weight is 466 g/mol. The number of nitrogens with one attached hydrogen (secondary N) is 1. The van der Waals surface area contributed by atoms with Crippen LogP contribution in [0.25, 0.3) is 0 Å². The summed E-state index contributed by atoms with van der Waals surface area (Å²) in [6.45, 7) is 2.33. The maximum atomic E-state index is 14.1. The highest BCUT2D eigenvalue weighted by molar-refractivity contribution is 9.10. The number of rotatable bonds is 4. The number of nitrogens with zero attached hydrogens (tertiary/aromatic N) is 2. The minimum atomic E-state index is -0.519. The molecule has 1 aliphatic rings. The molecule has 1 heterocycles. The third-order valence-electron chi connectivity index (χ3n) is 4.38. The number of halogens is 2. The number of esters is 1. The minimum Gasteiger partial charge on any atom is -0.506 e. The summed E-state index contributed by atoms with van der Waals surface area (Å²) in [5, 5.41) is 13.3. The summed E-state index contributed by atoms with van der Waals surface area (Å²) in [5.74, 6) is -0.472. The topological polar surface area (TPSA) is 83.4 Å². The Kier molecular flexibility index (Phi) is 7.05. The highest BCUT2D eigenvalue weighted by atomic mass is 79.9. The van der Waals surface area contributed by atoms with Crippen molar-refractivity contribution in [3.8, 4) is 5.75 Å². The predicted octanol–water partition coefficient (Wildman–Crippen LogP) is 3.38. The molecule has 2 aromatic carbocycles. The van der Waals surface area contributed by atoms with E-state index in [2.05, 4.69) is 26.2 Å². The largest absolute Gasteiger partial charge is 0.506 e. The van der Waals surface area contributed by atoms with Crippen molar-refractivity contribution in [3.63, 3.8) is 0 Å². The van der Waals surface area contributed by atoms with Gasteiger partial charge in [-0.3, -0.25) is 0 Å². The zero-order chi connectivity index (χ0) is 20.8. The van der Waals surface area contributed by atoms with Crippen molar-refractivity contribution < 1.29 is 23.8 Å². The van der Waals surface area contributed by atoms with E-state index in [9.17, 15) is 14.3 Å². The van der Waals surface area contributed by atoms with E-state index in [1.54, 1.807) is 12.1 Å². The number of guanidine groups is 1. The van der Waals surface area contributed by atoms with Crippen molar-refractivity contribution >= 4 is 33.5 Å². The van der Waals surface area contributed by atoms with Crippen LogP contribution in [0.5, 0.6) is 5.75 Å². The molecule has 7 nitrogen and oxygen atoms in total. The molecule has 9 heteroatoms. The molecule has 0 radical (unpaired) electrons. The predicted molar refractivity (Wildman–Crippen MR) is 111 cm³/mol. The monoisotopic (exact) mass is 465 g/mol. The summed E-state index contributed by atoms with van der Waals surface area (Å²) >= 11 is 3.34. The SMILES string of the molecule is COC(=O)c1ccc(O)c(NC(=NCc2cc(Br)ccc2F)N2CCOCC2)c1. The fourth-order valence-corrected chi connectivity index (χ4v) is 3.23. The molecule has 0 atom stereocenters. The Balaban J connectivity index is 1.90. The fraction of sp³-hybridized carbons (Fsp3) is 0.300. The number of morpholine rings is 1. The van der Waals surface area contributed by atoms with Gasteiger partial charge in [0.05, 0.1) is 38.1 Å². The Labute approximate surface area is 176 Å². The Hall–Kier alpha value is -2.65. The molecule has 0 spiro atoms. The average Bonchev–Trinajstić information content (AvgIpc) is 2.74. The smallest absolute Gasteiger partial charge is 0.337 e. The van der Waals surface area contributed by atoms with E-state index in [0.29, 0.717) is 43.5 Å².